The van der Waals surface area contributed by atoms with Crippen molar-refractivity contribution in [1.82, 2.24) is 10.6 Å². The molecule has 0 aromatic carbocycles. The highest BCUT2D eigenvalue weighted by molar-refractivity contribution is 5.78. The quantitative estimate of drug-likeness (QED) is 0.379. The number of ketones is 1. The Kier molecular flexibility index (Phi) is 13.5. The number of rotatable bonds is 13. The fourth-order valence-electron chi connectivity index (χ4n) is 1.81. The molecule has 2 amide bonds. The molecule has 0 atom stereocenters. The van der Waals surface area contributed by atoms with Crippen molar-refractivity contribution < 1.29 is 19.8 Å². The van der Waals surface area contributed by atoms with Gasteiger partial charge in [0.2, 0.25) is 0 Å². The van der Waals surface area contributed by atoms with Gasteiger partial charge < -0.3 is 20.8 Å². The molecule has 0 aromatic rings. The normalized spacial score (nSPS) is 10.3. The van der Waals surface area contributed by atoms with Crippen molar-refractivity contribution in [2.24, 2.45) is 0 Å². The highest BCUT2D eigenvalue weighted by Gasteiger charge is 2.01. The molecule has 0 radical (unpaired) electrons. The van der Waals surface area contributed by atoms with Crippen molar-refractivity contribution in [1.29, 1.82) is 0 Å². The lowest BCUT2D eigenvalue weighted by atomic mass is 10.1. The highest BCUT2D eigenvalue weighted by Crippen LogP contribution is 2.07. The Morgan fingerprint density at radius 3 is 2.00 bits per heavy atom. The molecular formula is C14H28N2O4. The standard InChI is InChI=1S/C14H28N2O4/c17-11-6-8-13(19)7-4-2-1-3-5-9-15-14(20)16-10-12-18/h17-18H,1-12H2,(H2,15,16,20). The van der Waals surface area contributed by atoms with E-state index in [4.69, 9.17) is 10.2 Å². The van der Waals surface area contributed by atoms with Gasteiger partial charge in [-0.25, -0.2) is 4.79 Å². The van der Waals surface area contributed by atoms with Gasteiger partial charge in [-0.05, 0) is 19.3 Å². The molecule has 6 heteroatoms. The van der Waals surface area contributed by atoms with E-state index in [1.165, 1.54) is 0 Å². The molecule has 0 aliphatic heterocycles. The maximum Gasteiger partial charge on any atom is 0.314 e. The van der Waals surface area contributed by atoms with Crippen LogP contribution in [0.1, 0.15) is 51.4 Å². The zero-order chi connectivity index (χ0) is 15.1. The van der Waals surface area contributed by atoms with Gasteiger partial charge in [-0.1, -0.05) is 19.3 Å². The Morgan fingerprint density at radius 2 is 1.30 bits per heavy atom. The third kappa shape index (κ3) is 13.3. The number of urea groups is 1. The van der Waals surface area contributed by atoms with Crippen molar-refractivity contribution in [3.63, 3.8) is 0 Å². The zero-order valence-electron chi connectivity index (χ0n) is 12.2. The molecule has 6 nitrogen and oxygen atoms in total. The second kappa shape index (κ2) is 14.3. The van der Waals surface area contributed by atoms with Crippen LogP contribution in [0, 0.1) is 0 Å². The van der Waals surface area contributed by atoms with Crippen molar-refractivity contribution in [3.8, 4) is 0 Å². The number of aliphatic hydroxyl groups is 2. The third-order valence-electron chi connectivity index (χ3n) is 2.93. The van der Waals surface area contributed by atoms with Crippen LogP contribution in [0.5, 0.6) is 0 Å². The van der Waals surface area contributed by atoms with Gasteiger partial charge in [0.05, 0.1) is 6.61 Å². The molecule has 0 aliphatic rings. The van der Waals surface area contributed by atoms with E-state index >= 15 is 0 Å². The molecule has 0 fully saturated rings. The maximum atomic E-state index is 11.3. The van der Waals surface area contributed by atoms with Gasteiger partial charge in [-0.15, -0.1) is 0 Å². The first kappa shape index (κ1) is 18.9. The Morgan fingerprint density at radius 1 is 0.700 bits per heavy atom. The molecule has 0 aromatic heterocycles. The summed E-state index contributed by atoms with van der Waals surface area (Å²) in [7, 11) is 0. The molecule has 0 spiro atoms. The van der Waals surface area contributed by atoms with Crippen molar-refractivity contribution in [2.75, 3.05) is 26.3 Å². The summed E-state index contributed by atoms with van der Waals surface area (Å²) in [6.45, 7) is 0.942. The topological polar surface area (TPSA) is 98.7 Å². The van der Waals surface area contributed by atoms with Crippen molar-refractivity contribution in [2.45, 2.75) is 51.4 Å². The van der Waals surface area contributed by atoms with Crippen LogP contribution >= 0.6 is 0 Å². The Balaban J connectivity index is 3.20. The van der Waals surface area contributed by atoms with Crippen LogP contribution in [0.3, 0.4) is 0 Å². The molecule has 0 heterocycles. The summed E-state index contributed by atoms with van der Waals surface area (Å²) in [4.78, 5) is 22.4. The number of carbonyl (C=O) groups is 2. The van der Waals surface area contributed by atoms with E-state index < -0.39 is 0 Å². The number of aliphatic hydroxyl groups excluding tert-OH is 2. The van der Waals surface area contributed by atoms with Crippen LogP contribution in [-0.4, -0.2) is 48.3 Å². The predicted octanol–water partition coefficient (Wildman–Crippen LogP) is 0.960. The second-order valence-electron chi connectivity index (χ2n) is 4.79. The molecule has 20 heavy (non-hydrogen) atoms. The molecule has 4 N–H and O–H groups in total. The summed E-state index contributed by atoms with van der Waals surface area (Å²) in [5.74, 6) is 0.237. The third-order valence-corrected chi connectivity index (χ3v) is 2.93. The van der Waals surface area contributed by atoms with E-state index in [-0.39, 0.29) is 31.6 Å². The lowest BCUT2D eigenvalue weighted by molar-refractivity contribution is -0.119. The number of Topliss-reactive ketones (excluding diaryl/α,β-unsaturated/α-hetero) is 1. The molecule has 0 rings (SSSR count). The Hall–Kier alpha value is -1.14. The van der Waals surface area contributed by atoms with Gasteiger partial charge in [-0.2, -0.15) is 0 Å². The maximum absolute atomic E-state index is 11.3. The summed E-state index contributed by atoms with van der Waals surface area (Å²) in [5, 5.41) is 22.3. The monoisotopic (exact) mass is 288 g/mol. The van der Waals surface area contributed by atoms with Gasteiger partial charge in [0.15, 0.2) is 0 Å². The largest absolute Gasteiger partial charge is 0.396 e. The summed E-state index contributed by atoms with van der Waals surface area (Å²) < 4.78 is 0. The van der Waals surface area contributed by atoms with Crippen LogP contribution in [0.15, 0.2) is 0 Å². The number of carbonyl (C=O) groups excluding carboxylic acids is 2. The second-order valence-corrected chi connectivity index (χ2v) is 4.79. The van der Waals surface area contributed by atoms with Crippen LogP contribution in [0.25, 0.3) is 0 Å². The molecule has 0 aliphatic carbocycles. The molecular weight excluding hydrogens is 260 g/mol. The van der Waals surface area contributed by atoms with E-state index in [0.29, 0.717) is 25.8 Å². The van der Waals surface area contributed by atoms with Crippen molar-refractivity contribution >= 4 is 11.8 Å². The zero-order valence-corrected chi connectivity index (χ0v) is 12.2. The van der Waals surface area contributed by atoms with Crippen LogP contribution in [0.4, 0.5) is 4.79 Å². The minimum absolute atomic E-state index is 0.0511. The number of unbranched alkanes of at least 4 members (excludes halogenated alkanes) is 4. The first-order valence-corrected chi connectivity index (χ1v) is 7.45. The number of hydrogen-bond donors (Lipinski definition) is 4. The molecule has 0 bridgehead atoms. The molecule has 0 unspecified atom stereocenters. The minimum atomic E-state index is -0.242. The summed E-state index contributed by atoms with van der Waals surface area (Å²) in [6, 6.07) is -0.242. The smallest absolute Gasteiger partial charge is 0.314 e. The lowest BCUT2D eigenvalue weighted by Crippen LogP contribution is -2.37. The minimum Gasteiger partial charge on any atom is -0.396 e. The average Bonchev–Trinajstić information content (AvgIpc) is 2.45. The molecule has 118 valence electrons. The van der Waals surface area contributed by atoms with E-state index in [1.54, 1.807) is 0 Å². The van der Waals surface area contributed by atoms with E-state index in [2.05, 4.69) is 10.6 Å². The number of nitrogens with one attached hydrogen (secondary N) is 2. The fourth-order valence-corrected chi connectivity index (χ4v) is 1.81. The van der Waals surface area contributed by atoms with Crippen LogP contribution < -0.4 is 10.6 Å². The van der Waals surface area contributed by atoms with Gasteiger partial charge in [0.25, 0.3) is 0 Å². The number of hydrogen-bond acceptors (Lipinski definition) is 4. The average molecular weight is 288 g/mol. The van der Waals surface area contributed by atoms with Gasteiger partial charge in [0, 0.05) is 32.5 Å². The first-order chi connectivity index (χ1) is 9.70. The van der Waals surface area contributed by atoms with Gasteiger partial charge in [-0.3, -0.25) is 4.79 Å². The van der Waals surface area contributed by atoms with Crippen LogP contribution in [0.2, 0.25) is 0 Å². The lowest BCUT2D eigenvalue weighted by Gasteiger charge is -2.06. The van der Waals surface area contributed by atoms with Crippen LogP contribution in [-0.2, 0) is 4.79 Å². The molecule has 0 saturated heterocycles. The summed E-state index contributed by atoms with van der Waals surface area (Å²) in [5.41, 5.74) is 0. The molecule has 0 saturated carbocycles. The van der Waals surface area contributed by atoms with Gasteiger partial charge in [0.1, 0.15) is 5.78 Å². The number of amides is 2. The van der Waals surface area contributed by atoms with E-state index in [1.807, 2.05) is 0 Å². The van der Waals surface area contributed by atoms with Gasteiger partial charge >= 0.3 is 6.03 Å². The Labute approximate surface area is 120 Å². The van der Waals surface area contributed by atoms with Crippen molar-refractivity contribution in [3.05, 3.63) is 0 Å². The SMILES string of the molecule is O=C(CCCO)CCCCCCCNC(=O)NCCO. The Bertz CT molecular complexity index is 234. The fraction of sp³-hybridized carbons (Fsp3) is 0.857. The summed E-state index contributed by atoms with van der Waals surface area (Å²) >= 11 is 0. The first-order valence-electron chi connectivity index (χ1n) is 7.45. The van der Waals surface area contributed by atoms with E-state index in [0.717, 1.165) is 32.1 Å². The van der Waals surface area contributed by atoms with E-state index in [9.17, 15) is 9.59 Å². The predicted molar refractivity (Wildman–Crippen MR) is 77.5 cm³/mol. The summed E-state index contributed by atoms with van der Waals surface area (Å²) in [6.07, 6.45) is 6.63. The highest BCUT2D eigenvalue weighted by atomic mass is 16.3.